The highest BCUT2D eigenvalue weighted by atomic mass is 16.5. The molecule has 0 heterocycles. The van der Waals surface area contributed by atoms with Crippen molar-refractivity contribution in [3.05, 3.63) is 0 Å². The van der Waals surface area contributed by atoms with Crippen molar-refractivity contribution in [2.75, 3.05) is 46.2 Å². The van der Waals surface area contributed by atoms with Gasteiger partial charge < -0.3 is 24.7 Å². The lowest BCUT2D eigenvalue weighted by molar-refractivity contribution is -0.0409. The van der Waals surface area contributed by atoms with Gasteiger partial charge in [-0.2, -0.15) is 0 Å². The molecule has 2 unspecified atom stereocenters. The maximum absolute atomic E-state index is 5.84. The first-order valence-corrected chi connectivity index (χ1v) is 8.18. The van der Waals surface area contributed by atoms with E-state index < -0.39 is 0 Å². The first-order valence-electron chi connectivity index (χ1n) is 8.18. The van der Waals surface area contributed by atoms with E-state index in [-0.39, 0.29) is 12.2 Å². The number of nitrogens with two attached hydrogens (primary N) is 1. The molecule has 0 aliphatic rings. The second-order valence-corrected chi connectivity index (χ2v) is 5.65. The summed E-state index contributed by atoms with van der Waals surface area (Å²) in [5.74, 6) is 0.556. The molecule has 5 nitrogen and oxygen atoms in total. The summed E-state index contributed by atoms with van der Waals surface area (Å²) in [6.45, 7) is 13.0. The molecule has 21 heavy (non-hydrogen) atoms. The number of hydrogen-bond donors (Lipinski definition) is 1. The summed E-state index contributed by atoms with van der Waals surface area (Å²) in [6.07, 6.45) is 2.08. The average molecular weight is 305 g/mol. The van der Waals surface area contributed by atoms with Crippen LogP contribution in [0.3, 0.4) is 0 Å². The van der Waals surface area contributed by atoms with Crippen LogP contribution in [0.1, 0.15) is 40.5 Å². The van der Waals surface area contributed by atoms with Crippen molar-refractivity contribution >= 4 is 0 Å². The minimum atomic E-state index is 0.146. The lowest BCUT2D eigenvalue weighted by Gasteiger charge is -2.22. The second kappa shape index (κ2) is 14.7. The van der Waals surface area contributed by atoms with E-state index in [0.717, 1.165) is 26.1 Å². The van der Waals surface area contributed by atoms with Crippen LogP contribution < -0.4 is 5.73 Å². The predicted octanol–water partition coefficient (Wildman–Crippen LogP) is 2.22. The van der Waals surface area contributed by atoms with Crippen LogP contribution in [0, 0.1) is 5.92 Å². The topological polar surface area (TPSA) is 62.9 Å². The van der Waals surface area contributed by atoms with Gasteiger partial charge in [0, 0.05) is 13.2 Å². The zero-order valence-corrected chi connectivity index (χ0v) is 14.3. The summed E-state index contributed by atoms with van der Waals surface area (Å²) in [5, 5.41) is 0. The molecule has 0 aliphatic heterocycles. The van der Waals surface area contributed by atoms with E-state index in [9.17, 15) is 0 Å². The monoisotopic (exact) mass is 305 g/mol. The van der Waals surface area contributed by atoms with E-state index in [4.69, 9.17) is 24.7 Å². The third-order valence-electron chi connectivity index (χ3n) is 2.95. The minimum Gasteiger partial charge on any atom is -0.379 e. The van der Waals surface area contributed by atoms with Crippen molar-refractivity contribution in [3.63, 3.8) is 0 Å². The van der Waals surface area contributed by atoms with Crippen LogP contribution in [0.4, 0.5) is 0 Å². The Bertz CT molecular complexity index is 214. The van der Waals surface area contributed by atoms with Crippen LogP contribution in [0.15, 0.2) is 0 Å². The zero-order chi connectivity index (χ0) is 15.9. The molecule has 0 saturated heterocycles. The summed E-state index contributed by atoms with van der Waals surface area (Å²) >= 11 is 0. The summed E-state index contributed by atoms with van der Waals surface area (Å²) in [6, 6.07) is 0. The van der Waals surface area contributed by atoms with Crippen LogP contribution in [0.5, 0.6) is 0 Å². The molecule has 0 aromatic heterocycles. The summed E-state index contributed by atoms with van der Waals surface area (Å²) in [7, 11) is 0. The Morgan fingerprint density at radius 1 is 0.905 bits per heavy atom. The Kier molecular flexibility index (Phi) is 14.6. The van der Waals surface area contributed by atoms with Crippen LogP contribution in [-0.2, 0) is 18.9 Å². The van der Waals surface area contributed by atoms with Crippen molar-refractivity contribution < 1.29 is 18.9 Å². The van der Waals surface area contributed by atoms with Crippen molar-refractivity contribution in [2.45, 2.75) is 52.7 Å². The van der Waals surface area contributed by atoms with E-state index in [0.29, 0.717) is 38.9 Å². The molecule has 0 bridgehead atoms. The summed E-state index contributed by atoms with van der Waals surface area (Å²) in [4.78, 5) is 0. The minimum absolute atomic E-state index is 0.146. The van der Waals surface area contributed by atoms with Gasteiger partial charge in [-0.15, -0.1) is 0 Å². The molecule has 2 atom stereocenters. The molecule has 2 N–H and O–H groups in total. The Morgan fingerprint density at radius 2 is 1.57 bits per heavy atom. The molecular formula is C16H35NO4. The maximum atomic E-state index is 5.84. The summed E-state index contributed by atoms with van der Waals surface area (Å²) < 4.78 is 22.3. The highest BCUT2D eigenvalue weighted by Crippen LogP contribution is 2.10. The third-order valence-corrected chi connectivity index (χ3v) is 2.95. The maximum Gasteiger partial charge on any atom is 0.0704 e. The van der Waals surface area contributed by atoms with Crippen LogP contribution in [0.25, 0.3) is 0 Å². The second-order valence-electron chi connectivity index (χ2n) is 5.65. The standard InChI is InChI=1S/C16H35NO4/c1-5-18-8-9-19-10-11-20-16(6-7-17)12-15(4)21-13-14(2)3/h14-16H,5-13,17H2,1-4H3. The largest absolute Gasteiger partial charge is 0.379 e. The molecule has 128 valence electrons. The Labute approximate surface area is 130 Å². The third kappa shape index (κ3) is 14.5. The lowest BCUT2D eigenvalue weighted by Crippen LogP contribution is -2.26. The van der Waals surface area contributed by atoms with Gasteiger partial charge in [0.15, 0.2) is 0 Å². The average Bonchev–Trinajstić information content (AvgIpc) is 2.44. The first-order chi connectivity index (χ1) is 10.1. The van der Waals surface area contributed by atoms with Gasteiger partial charge in [0.05, 0.1) is 38.6 Å². The van der Waals surface area contributed by atoms with Gasteiger partial charge in [-0.3, -0.25) is 0 Å². The molecule has 0 aromatic carbocycles. The molecule has 0 spiro atoms. The first kappa shape index (κ1) is 20.8. The SMILES string of the molecule is CCOCCOCCOC(CCN)CC(C)OCC(C)C. The van der Waals surface area contributed by atoms with Crippen molar-refractivity contribution in [2.24, 2.45) is 11.7 Å². The molecule has 0 aliphatic carbocycles. The van der Waals surface area contributed by atoms with Crippen molar-refractivity contribution in [1.82, 2.24) is 0 Å². The zero-order valence-electron chi connectivity index (χ0n) is 14.3. The summed E-state index contributed by atoms with van der Waals surface area (Å²) in [5.41, 5.74) is 5.64. The molecule has 0 rings (SSSR count). The molecule has 0 amide bonds. The van der Waals surface area contributed by atoms with E-state index >= 15 is 0 Å². The highest BCUT2D eigenvalue weighted by Gasteiger charge is 2.14. The number of hydrogen-bond acceptors (Lipinski definition) is 5. The molecule has 0 saturated carbocycles. The van der Waals surface area contributed by atoms with Crippen molar-refractivity contribution in [1.29, 1.82) is 0 Å². The van der Waals surface area contributed by atoms with Crippen LogP contribution in [-0.4, -0.2) is 58.4 Å². The quantitative estimate of drug-likeness (QED) is 0.470. The molecular weight excluding hydrogens is 270 g/mol. The highest BCUT2D eigenvalue weighted by molar-refractivity contribution is 4.64. The van der Waals surface area contributed by atoms with Gasteiger partial charge >= 0.3 is 0 Å². The fourth-order valence-corrected chi connectivity index (χ4v) is 1.89. The molecule has 0 radical (unpaired) electrons. The van der Waals surface area contributed by atoms with Gasteiger partial charge in [0.2, 0.25) is 0 Å². The van der Waals surface area contributed by atoms with E-state index in [1.165, 1.54) is 0 Å². The van der Waals surface area contributed by atoms with E-state index in [2.05, 4.69) is 20.8 Å². The molecule has 0 aromatic rings. The number of rotatable bonds is 15. The van der Waals surface area contributed by atoms with E-state index in [1.54, 1.807) is 0 Å². The number of ether oxygens (including phenoxy) is 4. The smallest absolute Gasteiger partial charge is 0.0704 e. The molecule has 5 heteroatoms. The predicted molar refractivity (Wildman–Crippen MR) is 85.6 cm³/mol. The van der Waals surface area contributed by atoms with Gasteiger partial charge in [0.25, 0.3) is 0 Å². The Morgan fingerprint density at radius 3 is 2.19 bits per heavy atom. The Hall–Kier alpha value is -0.200. The van der Waals surface area contributed by atoms with Gasteiger partial charge in [-0.05, 0) is 39.2 Å². The fraction of sp³-hybridized carbons (Fsp3) is 1.00. The van der Waals surface area contributed by atoms with Crippen molar-refractivity contribution in [3.8, 4) is 0 Å². The van der Waals surface area contributed by atoms with Gasteiger partial charge in [0.1, 0.15) is 0 Å². The lowest BCUT2D eigenvalue weighted by atomic mass is 10.1. The fourth-order valence-electron chi connectivity index (χ4n) is 1.89. The molecule has 0 fully saturated rings. The Balaban J connectivity index is 3.70. The van der Waals surface area contributed by atoms with Crippen LogP contribution >= 0.6 is 0 Å². The van der Waals surface area contributed by atoms with Gasteiger partial charge in [-0.1, -0.05) is 13.8 Å². The van der Waals surface area contributed by atoms with Gasteiger partial charge in [-0.25, -0.2) is 0 Å². The van der Waals surface area contributed by atoms with Crippen LogP contribution in [0.2, 0.25) is 0 Å². The van der Waals surface area contributed by atoms with E-state index in [1.807, 2.05) is 6.92 Å². The normalized spacial score (nSPS) is 14.6.